The van der Waals surface area contributed by atoms with Crippen molar-refractivity contribution in [3.05, 3.63) is 35.7 Å². The number of nitrogen functional groups attached to an aromatic ring is 1. The molecule has 1 aromatic heterocycles. The first kappa shape index (κ1) is 18.1. The number of aromatic nitrogens is 3. The number of nitrogens with one attached hydrogen (secondary N) is 1. The molecule has 0 saturated heterocycles. The van der Waals surface area contributed by atoms with Gasteiger partial charge in [-0.1, -0.05) is 30.8 Å². The van der Waals surface area contributed by atoms with Gasteiger partial charge in [0.05, 0.1) is 12.9 Å². The number of ether oxygens (including phenoxy) is 1. The maximum Gasteiger partial charge on any atom is 0.230 e. The van der Waals surface area contributed by atoms with Gasteiger partial charge in [0, 0.05) is 12.5 Å². The normalized spacial score (nSPS) is 12.0. The minimum atomic E-state index is -0.0333. The summed E-state index contributed by atoms with van der Waals surface area (Å²) in [7, 11) is 1.63. The Labute approximate surface area is 145 Å². The van der Waals surface area contributed by atoms with E-state index < -0.39 is 0 Å². The minimum absolute atomic E-state index is 0.0333. The smallest absolute Gasteiger partial charge is 0.230 e. The number of hydrogen-bond acceptors (Lipinski definition) is 6. The molecule has 3 N–H and O–H groups in total. The Hall–Kier alpha value is -2.22. The predicted molar refractivity (Wildman–Crippen MR) is 94.6 cm³/mol. The number of amides is 1. The molecule has 1 aromatic carbocycles. The van der Waals surface area contributed by atoms with Crippen molar-refractivity contribution in [3.8, 4) is 5.75 Å². The van der Waals surface area contributed by atoms with E-state index in [0.717, 1.165) is 17.7 Å². The molecule has 2 rings (SSSR count). The summed E-state index contributed by atoms with van der Waals surface area (Å²) in [6.07, 6.45) is 1.46. The van der Waals surface area contributed by atoms with E-state index in [1.807, 2.05) is 38.1 Å². The van der Waals surface area contributed by atoms with Gasteiger partial charge in [-0.3, -0.25) is 4.79 Å². The first-order valence-corrected chi connectivity index (χ1v) is 8.76. The Balaban J connectivity index is 1.93. The van der Waals surface area contributed by atoms with Gasteiger partial charge < -0.3 is 15.9 Å². The molecule has 0 aliphatic heterocycles. The molecule has 1 amide bonds. The molecule has 1 atom stereocenters. The van der Waals surface area contributed by atoms with Gasteiger partial charge in [-0.05, 0) is 31.0 Å². The van der Waals surface area contributed by atoms with Gasteiger partial charge in [0.2, 0.25) is 11.1 Å². The second-order valence-corrected chi connectivity index (χ2v) is 6.40. The van der Waals surface area contributed by atoms with Crippen molar-refractivity contribution in [3.63, 3.8) is 0 Å². The Morgan fingerprint density at radius 2 is 2.08 bits per heavy atom. The van der Waals surface area contributed by atoms with Crippen molar-refractivity contribution in [1.29, 1.82) is 0 Å². The predicted octanol–water partition coefficient (Wildman–Crippen LogP) is 1.60. The van der Waals surface area contributed by atoms with Crippen LogP contribution in [0, 0.1) is 0 Å². The van der Waals surface area contributed by atoms with Crippen molar-refractivity contribution < 1.29 is 9.53 Å². The van der Waals surface area contributed by atoms with E-state index in [0.29, 0.717) is 17.4 Å². The average molecular weight is 349 g/mol. The lowest BCUT2D eigenvalue weighted by molar-refractivity contribution is -0.119. The number of nitrogens with two attached hydrogens (primary N) is 1. The van der Waals surface area contributed by atoms with E-state index in [4.69, 9.17) is 10.6 Å². The SMILES string of the molecule is CC[C@H](C)NC(=O)CSc1nnc(Cc2ccc(OC)cc2)n1N. The molecule has 0 aliphatic carbocycles. The Morgan fingerprint density at radius 3 is 2.71 bits per heavy atom. The number of benzene rings is 1. The van der Waals surface area contributed by atoms with Crippen molar-refractivity contribution in [1.82, 2.24) is 20.2 Å². The summed E-state index contributed by atoms with van der Waals surface area (Å²) in [5.74, 6) is 7.71. The molecule has 0 bridgehead atoms. The molecule has 8 heteroatoms. The van der Waals surface area contributed by atoms with Crippen molar-refractivity contribution in [2.45, 2.75) is 37.9 Å². The number of rotatable bonds is 8. The van der Waals surface area contributed by atoms with Crippen molar-refractivity contribution >= 4 is 17.7 Å². The van der Waals surface area contributed by atoms with Gasteiger partial charge in [-0.2, -0.15) is 0 Å². The standard InChI is InChI=1S/C16H23N5O2S/c1-4-11(2)18-15(22)10-24-16-20-19-14(21(16)17)9-12-5-7-13(23-3)8-6-12/h5-8,11H,4,9-10,17H2,1-3H3,(H,18,22)/t11-/m0/s1. The molecule has 0 saturated carbocycles. The van der Waals surface area contributed by atoms with Crippen LogP contribution in [-0.4, -0.2) is 39.7 Å². The number of hydrogen-bond donors (Lipinski definition) is 2. The van der Waals surface area contributed by atoms with Gasteiger partial charge in [0.25, 0.3) is 0 Å². The maximum atomic E-state index is 11.8. The fourth-order valence-electron chi connectivity index (χ4n) is 2.00. The van der Waals surface area contributed by atoms with Crippen LogP contribution >= 0.6 is 11.8 Å². The summed E-state index contributed by atoms with van der Waals surface area (Å²) in [5.41, 5.74) is 1.06. The largest absolute Gasteiger partial charge is 0.497 e. The topological polar surface area (TPSA) is 95.1 Å². The van der Waals surface area contributed by atoms with Crippen LogP contribution in [0.5, 0.6) is 5.75 Å². The molecular formula is C16H23N5O2S. The second kappa shape index (κ2) is 8.58. The number of thioether (sulfide) groups is 1. The van der Waals surface area contributed by atoms with Crippen LogP contribution < -0.4 is 15.9 Å². The second-order valence-electron chi connectivity index (χ2n) is 5.46. The van der Waals surface area contributed by atoms with Gasteiger partial charge in [0.1, 0.15) is 5.75 Å². The van der Waals surface area contributed by atoms with Gasteiger partial charge >= 0.3 is 0 Å². The Bertz CT molecular complexity index is 672. The van der Waals surface area contributed by atoms with Crippen LogP contribution in [0.25, 0.3) is 0 Å². The number of methoxy groups -OCH3 is 1. The van der Waals surface area contributed by atoms with Crippen LogP contribution in [0.2, 0.25) is 0 Å². The van der Waals surface area contributed by atoms with Crippen LogP contribution in [0.3, 0.4) is 0 Å². The van der Waals surface area contributed by atoms with E-state index in [9.17, 15) is 4.79 Å². The Morgan fingerprint density at radius 1 is 1.38 bits per heavy atom. The molecule has 24 heavy (non-hydrogen) atoms. The summed E-state index contributed by atoms with van der Waals surface area (Å²) < 4.78 is 6.57. The van der Waals surface area contributed by atoms with E-state index in [1.165, 1.54) is 16.4 Å². The highest BCUT2D eigenvalue weighted by atomic mass is 32.2. The molecule has 0 unspecified atom stereocenters. The number of nitrogens with zero attached hydrogens (tertiary/aromatic N) is 3. The van der Waals surface area contributed by atoms with Crippen molar-refractivity contribution in [2.24, 2.45) is 0 Å². The third-order valence-corrected chi connectivity index (χ3v) is 4.55. The van der Waals surface area contributed by atoms with Crippen molar-refractivity contribution in [2.75, 3.05) is 18.7 Å². The highest BCUT2D eigenvalue weighted by Crippen LogP contribution is 2.17. The number of carbonyl (C=O) groups is 1. The first-order chi connectivity index (χ1) is 11.5. The lowest BCUT2D eigenvalue weighted by atomic mass is 10.1. The van der Waals surface area contributed by atoms with Gasteiger partial charge in [-0.25, -0.2) is 4.68 Å². The maximum absolute atomic E-state index is 11.8. The summed E-state index contributed by atoms with van der Waals surface area (Å²) in [6, 6.07) is 7.86. The lowest BCUT2D eigenvalue weighted by Gasteiger charge is -2.10. The zero-order chi connectivity index (χ0) is 17.5. The van der Waals surface area contributed by atoms with E-state index in [-0.39, 0.29) is 17.7 Å². The average Bonchev–Trinajstić information content (AvgIpc) is 2.93. The summed E-state index contributed by atoms with van der Waals surface area (Å²) in [5, 5.41) is 11.6. The molecule has 0 fully saturated rings. The quantitative estimate of drug-likeness (QED) is 0.555. The molecular weight excluding hydrogens is 326 g/mol. The zero-order valence-electron chi connectivity index (χ0n) is 14.2. The van der Waals surface area contributed by atoms with Crippen LogP contribution in [0.1, 0.15) is 31.7 Å². The summed E-state index contributed by atoms with van der Waals surface area (Å²) in [4.78, 5) is 11.8. The van der Waals surface area contributed by atoms with Crippen LogP contribution in [-0.2, 0) is 11.2 Å². The zero-order valence-corrected chi connectivity index (χ0v) is 15.0. The fraction of sp³-hybridized carbons (Fsp3) is 0.438. The molecule has 0 radical (unpaired) electrons. The fourth-order valence-corrected chi connectivity index (χ4v) is 2.69. The third-order valence-electron chi connectivity index (χ3n) is 3.61. The molecule has 1 heterocycles. The number of carbonyl (C=O) groups excluding carboxylic acids is 1. The molecule has 0 spiro atoms. The molecule has 0 aliphatic rings. The third kappa shape index (κ3) is 4.89. The van der Waals surface area contributed by atoms with Gasteiger partial charge in [-0.15, -0.1) is 10.2 Å². The monoisotopic (exact) mass is 349 g/mol. The van der Waals surface area contributed by atoms with E-state index in [1.54, 1.807) is 7.11 Å². The van der Waals surface area contributed by atoms with Gasteiger partial charge in [0.15, 0.2) is 5.82 Å². The lowest BCUT2D eigenvalue weighted by Crippen LogP contribution is -2.33. The highest BCUT2D eigenvalue weighted by Gasteiger charge is 2.13. The minimum Gasteiger partial charge on any atom is -0.497 e. The van der Waals surface area contributed by atoms with E-state index >= 15 is 0 Å². The molecule has 2 aromatic rings. The summed E-state index contributed by atoms with van der Waals surface area (Å²) in [6.45, 7) is 4.00. The van der Waals surface area contributed by atoms with Crippen LogP contribution in [0.15, 0.2) is 29.4 Å². The van der Waals surface area contributed by atoms with E-state index in [2.05, 4.69) is 15.5 Å². The molecule has 7 nitrogen and oxygen atoms in total. The Kier molecular flexibility index (Phi) is 6.48. The first-order valence-electron chi connectivity index (χ1n) is 7.78. The summed E-state index contributed by atoms with van der Waals surface area (Å²) >= 11 is 1.28. The molecule has 130 valence electrons. The van der Waals surface area contributed by atoms with Crippen LogP contribution in [0.4, 0.5) is 0 Å². The highest BCUT2D eigenvalue weighted by molar-refractivity contribution is 7.99.